The van der Waals surface area contributed by atoms with Crippen LogP contribution in [0, 0.1) is 0 Å². The molecule has 0 radical (unpaired) electrons. The number of fused-ring (bicyclic) bond motifs is 1. The van der Waals surface area contributed by atoms with Crippen molar-refractivity contribution in [3.8, 4) is 0 Å². The summed E-state index contributed by atoms with van der Waals surface area (Å²) in [5, 5.41) is 16.3. The maximum atomic E-state index is 12.8. The molecule has 2 heterocycles. The second-order valence-electron chi connectivity index (χ2n) is 8.34. The van der Waals surface area contributed by atoms with Crippen molar-refractivity contribution < 1.29 is 29.1 Å². The van der Waals surface area contributed by atoms with Crippen molar-refractivity contribution >= 4 is 35.4 Å². The molecule has 33 heavy (non-hydrogen) atoms. The van der Waals surface area contributed by atoms with Crippen LogP contribution in [0.3, 0.4) is 0 Å². The Bertz CT molecular complexity index is 932. The van der Waals surface area contributed by atoms with E-state index in [9.17, 15) is 24.0 Å². The first-order valence-electron chi connectivity index (χ1n) is 11.4. The van der Waals surface area contributed by atoms with Gasteiger partial charge in [-0.2, -0.15) is 0 Å². The number of hydrogen-bond donors (Lipinski definition) is 4. The number of unbranched alkanes of at least 4 members (excludes halogenated alkanes) is 6. The van der Waals surface area contributed by atoms with Crippen molar-refractivity contribution in [3.63, 3.8) is 0 Å². The van der Waals surface area contributed by atoms with Crippen LogP contribution in [0.4, 0.5) is 10.5 Å². The summed E-state index contributed by atoms with van der Waals surface area (Å²) < 4.78 is 0. The number of amides is 5. The van der Waals surface area contributed by atoms with E-state index in [0.717, 1.165) is 62.1 Å². The number of anilines is 1. The minimum absolute atomic E-state index is 0.0958. The highest BCUT2D eigenvalue weighted by molar-refractivity contribution is 6.23. The van der Waals surface area contributed by atoms with Gasteiger partial charge < -0.3 is 15.7 Å². The van der Waals surface area contributed by atoms with E-state index in [2.05, 4.69) is 16.0 Å². The molecule has 1 aromatic carbocycles. The zero-order chi connectivity index (χ0) is 23.8. The standard InChI is InChI=1S/C23H30N4O6/c28-19-11-10-18(20(29)26-19)27-21(30)16-9-8-15(14-17(16)22(27)31)24-12-6-4-2-1-3-5-7-13-25-23(32)33/h8-9,14,18,24-25H,1-7,10-13H2,(H,32,33)(H,26,28,29). The topological polar surface area (TPSA) is 145 Å². The summed E-state index contributed by atoms with van der Waals surface area (Å²) in [6, 6.07) is 4.04. The third kappa shape index (κ3) is 6.30. The first-order valence-corrected chi connectivity index (χ1v) is 11.4. The number of hydrogen-bond acceptors (Lipinski definition) is 6. The predicted molar refractivity (Wildman–Crippen MR) is 120 cm³/mol. The Morgan fingerprint density at radius 2 is 1.58 bits per heavy atom. The quantitative estimate of drug-likeness (QED) is 0.278. The lowest BCUT2D eigenvalue weighted by Crippen LogP contribution is -2.54. The van der Waals surface area contributed by atoms with Crippen LogP contribution in [0.5, 0.6) is 0 Å². The van der Waals surface area contributed by atoms with Crippen LogP contribution < -0.4 is 16.0 Å². The molecule has 10 heteroatoms. The molecule has 0 saturated carbocycles. The average molecular weight is 459 g/mol. The minimum atomic E-state index is -0.978. The minimum Gasteiger partial charge on any atom is -0.465 e. The van der Waals surface area contributed by atoms with Crippen molar-refractivity contribution in [1.82, 2.24) is 15.5 Å². The molecule has 1 aromatic rings. The number of carboxylic acid groups (broad SMARTS) is 1. The van der Waals surface area contributed by atoms with E-state index in [4.69, 9.17) is 5.11 Å². The van der Waals surface area contributed by atoms with E-state index in [0.29, 0.717) is 6.54 Å². The number of imide groups is 2. The van der Waals surface area contributed by atoms with Gasteiger partial charge in [0.1, 0.15) is 6.04 Å². The third-order valence-corrected chi connectivity index (χ3v) is 5.90. The third-order valence-electron chi connectivity index (χ3n) is 5.90. The molecule has 0 aromatic heterocycles. The maximum absolute atomic E-state index is 12.8. The molecule has 1 saturated heterocycles. The molecule has 1 unspecified atom stereocenters. The Labute approximate surface area is 192 Å². The van der Waals surface area contributed by atoms with Gasteiger partial charge in [-0.3, -0.25) is 29.4 Å². The molecule has 178 valence electrons. The van der Waals surface area contributed by atoms with Gasteiger partial charge in [-0.25, -0.2) is 4.79 Å². The molecule has 2 aliphatic rings. The molecule has 10 nitrogen and oxygen atoms in total. The Morgan fingerprint density at radius 1 is 0.939 bits per heavy atom. The number of nitrogens with one attached hydrogen (secondary N) is 3. The van der Waals surface area contributed by atoms with Gasteiger partial charge >= 0.3 is 6.09 Å². The van der Waals surface area contributed by atoms with Gasteiger partial charge in [0.05, 0.1) is 11.1 Å². The highest BCUT2D eigenvalue weighted by Crippen LogP contribution is 2.29. The molecule has 5 amide bonds. The number of carbonyl (C=O) groups excluding carboxylic acids is 4. The van der Waals surface area contributed by atoms with Crippen molar-refractivity contribution in [1.29, 1.82) is 0 Å². The highest BCUT2D eigenvalue weighted by Gasteiger charge is 2.44. The molecule has 2 aliphatic heterocycles. The Hall–Kier alpha value is -3.43. The number of benzene rings is 1. The summed E-state index contributed by atoms with van der Waals surface area (Å²) in [5.41, 5.74) is 1.28. The van der Waals surface area contributed by atoms with Gasteiger partial charge in [0.2, 0.25) is 11.8 Å². The predicted octanol–water partition coefficient (Wildman–Crippen LogP) is 2.50. The van der Waals surface area contributed by atoms with Crippen molar-refractivity contribution in [3.05, 3.63) is 29.3 Å². The van der Waals surface area contributed by atoms with Crippen LogP contribution in [0.15, 0.2) is 18.2 Å². The molecule has 1 atom stereocenters. The zero-order valence-corrected chi connectivity index (χ0v) is 18.5. The molecule has 0 aliphatic carbocycles. The number of carbonyl (C=O) groups is 5. The van der Waals surface area contributed by atoms with E-state index < -0.39 is 35.8 Å². The normalized spacial score (nSPS) is 17.7. The van der Waals surface area contributed by atoms with E-state index in [1.165, 1.54) is 0 Å². The smallest absolute Gasteiger partial charge is 0.404 e. The number of piperidine rings is 1. The van der Waals surface area contributed by atoms with Crippen molar-refractivity contribution in [2.45, 2.75) is 63.8 Å². The highest BCUT2D eigenvalue weighted by atomic mass is 16.4. The molecular formula is C23H30N4O6. The van der Waals surface area contributed by atoms with Crippen LogP contribution >= 0.6 is 0 Å². The van der Waals surface area contributed by atoms with Gasteiger partial charge in [-0.15, -0.1) is 0 Å². The molecular weight excluding hydrogens is 428 g/mol. The van der Waals surface area contributed by atoms with E-state index >= 15 is 0 Å². The fourth-order valence-electron chi connectivity index (χ4n) is 4.14. The van der Waals surface area contributed by atoms with Gasteiger partial charge in [0.15, 0.2) is 0 Å². The Morgan fingerprint density at radius 3 is 2.24 bits per heavy atom. The fraction of sp³-hybridized carbons (Fsp3) is 0.522. The Balaban J connectivity index is 1.39. The van der Waals surface area contributed by atoms with Crippen LogP contribution in [-0.4, -0.2) is 58.9 Å². The molecule has 3 rings (SSSR count). The number of rotatable bonds is 12. The first kappa shape index (κ1) is 24.2. The van der Waals surface area contributed by atoms with Gasteiger partial charge in [-0.05, 0) is 37.5 Å². The fourth-order valence-corrected chi connectivity index (χ4v) is 4.14. The average Bonchev–Trinajstić information content (AvgIpc) is 3.02. The van der Waals surface area contributed by atoms with Crippen LogP contribution in [-0.2, 0) is 9.59 Å². The van der Waals surface area contributed by atoms with E-state index in [1.807, 2.05) is 0 Å². The molecule has 0 spiro atoms. The largest absolute Gasteiger partial charge is 0.465 e. The summed E-state index contributed by atoms with van der Waals surface area (Å²) in [6.45, 7) is 1.24. The van der Waals surface area contributed by atoms with Gasteiger partial charge in [0.25, 0.3) is 11.8 Å². The van der Waals surface area contributed by atoms with Gasteiger partial charge in [0, 0.05) is 25.2 Å². The summed E-state index contributed by atoms with van der Waals surface area (Å²) in [7, 11) is 0. The second-order valence-corrected chi connectivity index (χ2v) is 8.34. The molecule has 1 fully saturated rings. The summed E-state index contributed by atoms with van der Waals surface area (Å²) in [5.74, 6) is -2.02. The van der Waals surface area contributed by atoms with E-state index in [1.54, 1.807) is 18.2 Å². The second kappa shape index (κ2) is 11.4. The lowest BCUT2D eigenvalue weighted by atomic mass is 10.0. The van der Waals surface area contributed by atoms with Crippen molar-refractivity contribution in [2.75, 3.05) is 18.4 Å². The van der Waals surface area contributed by atoms with Gasteiger partial charge in [-0.1, -0.05) is 32.1 Å². The van der Waals surface area contributed by atoms with E-state index in [-0.39, 0.29) is 24.0 Å². The number of nitrogens with zero attached hydrogens (tertiary/aromatic N) is 1. The summed E-state index contributed by atoms with van der Waals surface area (Å²) in [6.07, 6.45) is 6.45. The van der Waals surface area contributed by atoms with Crippen LogP contribution in [0.1, 0.15) is 78.5 Å². The lowest BCUT2D eigenvalue weighted by Gasteiger charge is -2.27. The molecule has 0 bridgehead atoms. The van der Waals surface area contributed by atoms with Crippen molar-refractivity contribution in [2.24, 2.45) is 0 Å². The molecule has 4 N–H and O–H groups in total. The monoisotopic (exact) mass is 458 g/mol. The van der Waals surface area contributed by atoms with Crippen LogP contribution in [0.2, 0.25) is 0 Å². The lowest BCUT2D eigenvalue weighted by molar-refractivity contribution is -0.136. The zero-order valence-electron chi connectivity index (χ0n) is 18.5. The Kier molecular flexibility index (Phi) is 8.39. The van der Waals surface area contributed by atoms with Crippen LogP contribution in [0.25, 0.3) is 0 Å². The first-order chi connectivity index (χ1) is 15.9. The SMILES string of the molecule is O=C(O)NCCCCCCCCCNc1ccc2c(c1)C(=O)N(C1CCC(=O)NC1=O)C2=O. The maximum Gasteiger partial charge on any atom is 0.404 e. The summed E-state index contributed by atoms with van der Waals surface area (Å²) in [4.78, 5) is 60.4. The summed E-state index contributed by atoms with van der Waals surface area (Å²) >= 11 is 0.